The van der Waals surface area contributed by atoms with E-state index in [-0.39, 0.29) is 46.2 Å². The van der Waals surface area contributed by atoms with Crippen LogP contribution in [0.5, 0.6) is 34.5 Å². The molecule has 146 heavy (non-hydrogen) atoms. The minimum Gasteiger partial charge on any atom is -0.490 e. The molecule has 35 nitrogen and oxygen atoms in total. The van der Waals surface area contributed by atoms with Crippen LogP contribution >= 0.6 is 0 Å². The normalized spacial score (nSPS) is 13.4. The van der Waals surface area contributed by atoms with Gasteiger partial charge in [0.1, 0.15) is 0 Å². The molecule has 792 valence electrons. The van der Waals surface area contributed by atoms with Crippen LogP contribution in [-0.4, -0.2) is 191 Å². The maximum Gasteiger partial charge on any atom is 0.490 e. The van der Waals surface area contributed by atoms with E-state index in [1.807, 2.05) is 164 Å². The Morgan fingerprint density at radius 3 is 0.897 bits per heavy atom. The predicted molar refractivity (Wildman–Crippen MR) is 519 cm³/mol. The number of hydrogen-bond donors (Lipinski definition) is 16. The molecule has 47 heteroatoms. The number of amides is 6. The smallest absolute Gasteiger partial charge is 0.490 e. The Kier molecular flexibility index (Phi) is 46.8. The van der Waals surface area contributed by atoms with Crippen LogP contribution in [0, 0.1) is 11.8 Å². The number of hydrogen-bond acceptors (Lipinski definition) is 25. The quantitative estimate of drug-likeness (QED) is 0.0162. The number of carbonyl (C=O) groups excluding carboxylic acids is 6. The summed E-state index contributed by atoms with van der Waals surface area (Å²) in [5.74, 6) is -9.43. The minimum absolute atomic E-state index is 0.00226. The second-order valence-corrected chi connectivity index (χ2v) is 31.6. The van der Waals surface area contributed by atoms with Gasteiger partial charge < -0.3 is 114 Å². The van der Waals surface area contributed by atoms with Crippen molar-refractivity contribution in [2.75, 3.05) is 81.8 Å². The summed E-state index contributed by atoms with van der Waals surface area (Å²) in [6.45, 7) is 24.9. The second-order valence-electron chi connectivity index (χ2n) is 31.6. The highest BCUT2D eigenvalue weighted by atomic mass is 19.4. The SMILES string of the molecule is CCOc1cc2ncc(C(N)=O)c(Nc3cccc(CNC(=O)[C@@H](N)CCc4ccccc4)c3CC)c2cc1OCC.CCOc1cc2ncc(C(N)=O)c(Nc3cccc(CNC(=O)[C@@H]4CCCNC4)c3CC)c2cc1OCC.CCOc1cc2ncc(C(N)=O)c(Nc3cccc(CNC(=O)[C@H]4CCCNC4)c3CC)c2cc1OCC.O=C(O)C(F)(F)F.O=C(O)C(F)(F)F.O=C(O)C(F)(F)F.O=C(O)C(F)(F)F. The summed E-state index contributed by atoms with van der Waals surface area (Å²) < 4.78 is 162. The van der Waals surface area contributed by atoms with Gasteiger partial charge in [-0.05, 0) is 188 Å². The molecule has 2 fully saturated rings. The largest absolute Gasteiger partial charge is 0.490 e. The summed E-state index contributed by atoms with van der Waals surface area (Å²) in [4.78, 5) is 125. The van der Waals surface area contributed by atoms with Gasteiger partial charge in [-0.3, -0.25) is 43.7 Å². The molecule has 0 aliphatic carbocycles. The van der Waals surface area contributed by atoms with Crippen LogP contribution in [0.3, 0.4) is 0 Å². The van der Waals surface area contributed by atoms with E-state index in [2.05, 4.69) is 71.3 Å². The van der Waals surface area contributed by atoms with Crippen LogP contribution in [0.1, 0.15) is 164 Å². The molecule has 0 bridgehead atoms. The van der Waals surface area contributed by atoms with Crippen molar-refractivity contribution in [1.82, 2.24) is 41.5 Å². The van der Waals surface area contributed by atoms with E-state index < -0.39 is 72.3 Å². The number of carboxylic acids is 4. The molecule has 2 aliphatic rings. The number of halogens is 12. The van der Waals surface area contributed by atoms with E-state index in [0.717, 1.165) is 114 Å². The van der Waals surface area contributed by atoms with Gasteiger partial charge in [-0.15, -0.1) is 0 Å². The lowest BCUT2D eigenvalue weighted by Gasteiger charge is -2.23. The van der Waals surface area contributed by atoms with Gasteiger partial charge in [-0.25, -0.2) is 19.2 Å². The van der Waals surface area contributed by atoms with Gasteiger partial charge in [0.25, 0.3) is 17.7 Å². The van der Waals surface area contributed by atoms with Crippen molar-refractivity contribution < 1.29 is 149 Å². The highest BCUT2D eigenvalue weighted by Crippen LogP contribution is 2.43. The molecule has 3 atom stereocenters. The average molecular weight is 2070 g/mol. The zero-order valence-corrected chi connectivity index (χ0v) is 81.1. The monoisotopic (exact) mass is 2060 g/mol. The molecule has 10 aromatic rings. The van der Waals surface area contributed by atoms with Crippen molar-refractivity contribution in [2.45, 2.75) is 170 Å². The zero-order chi connectivity index (χ0) is 109. The van der Waals surface area contributed by atoms with Gasteiger partial charge >= 0.3 is 48.6 Å². The summed E-state index contributed by atoms with van der Waals surface area (Å²) in [5, 5.41) is 56.8. The number of ether oxygens (including phenoxy) is 6. The van der Waals surface area contributed by atoms with Crippen molar-refractivity contribution in [3.63, 3.8) is 0 Å². The maximum absolute atomic E-state index is 12.8. The predicted octanol–water partition coefficient (Wildman–Crippen LogP) is 15.7. The van der Waals surface area contributed by atoms with E-state index in [1.54, 1.807) is 6.07 Å². The summed E-state index contributed by atoms with van der Waals surface area (Å²) in [5.41, 5.74) is 37.5. The molecule has 6 amide bonds. The molecular weight excluding hydrogens is 1950 g/mol. The summed E-state index contributed by atoms with van der Waals surface area (Å²) >= 11 is 0. The highest BCUT2D eigenvalue weighted by molar-refractivity contribution is 6.11. The number of aliphatic carboxylic acids is 4. The number of carboxylic acid groups (broad SMARTS) is 4. The van der Waals surface area contributed by atoms with Gasteiger partial charge in [0, 0.05) is 103 Å². The molecule has 20 N–H and O–H groups in total. The molecule has 0 spiro atoms. The number of fused-ring (bicyclic) bond motifs is 3. The number of piperidine rings is 2. The van der Waals surface area contributed by atoms with Crippen LogP contribution in [0.4, 0.5) is 86.8 Å². The first-order valence-electron chi connectivity index (χ1n) is 46.0. The molecule has 0 saturated carbocycles. The molecule has 2 aliphatic heterocycles. The average Bonchev–Trinajstić information content (AvgIpc) is 0.776. The molecular formula is C99H117F12N15O20. The number of nitrogens with zero attached hydrogens (tertiary/aromatic N) is 3. The van der Waals surface area contributed by atoms with Crippen LogP contribution in [0.25, 0.3) is 32.7 Å². The molecule has 7 aromatic carbocycles. The van der Waals surface area contributed by atoms with Crippen LogP contribution in [0.2, 0.25) is 0 Å². The topological polar surface area (TPSA) is 546 Å². The Morgan fingerprint density at radius 2 is 0.658 bits per heavy atom. The molecule has 2 saturated heterocycles. The third-order valence-electron chi connectivity index (χ3n) is 21.6. The number of nitrogens with one attached hydrogen (secondary N) is 8. The van der Waals surface area contributed by atoms with E-state index in [9.17, 15) is 81.5 Å². The first-order valence-corrected chi connectivity index (χ1v) is 46.0. The number of carbonyl (C=O) groups is 10. The number of aryl methyl sites for hydroxylation is 1. The lowest BCUT2D eigenvalue weighted by atomic mass is 9.98. The van der Waals surface area contributed by atoms with E-state index >= 15 is 0 Å². The van der Waals surface area contributed by atoms with Crippen molar-refractivity contribution in [3.05, 3.63) is 196 Å². The van der Waals surface area contributed by atoms with Crippen molar-refractivity contribution in [2.24, 2.45) is 34.8 Å². The van der Waals surface area contributed by atoms with Crippen LogP contribution in [0.15, 0.2) is 140 Å². The fourth-order valence-electron chi connectivity index (χ4n) is 14.8. The number of anilines is 6. The van der Waals surface area contributed by atoms with Crippen molar-refractivity contribution in [3.8, 4) is 34.5 Å². The van der Waals surface area contributed by atoms with E-state index in [4.69, 9.17) is 91.0 Å². The second kappa shape index (κ2) is 57.3. The Morgan fingerprint density at radius 1 is 0.390 bits per heavy atom. The molecule has 0 radical (unpaired) electrons. The first-order chi connectivity index (χ1) is 69.0. The fraction of sp³-hybridized carbons (Fsp3) is 0.384. The van der Waals surface area contributed by atoms with E-state index in [1.165, 1.54) is 18.6 Å². The Balaban J connectivity index is 0.000000294. The van der Waals surface area contributed by atoms with Gasteiger partial charge in [0.2, 0.25) is 17.7 Å². The van der Waals surface area contributed by atoms with Gasteiger partial charge in [-0.1, -0.05) is 87.5 Å². The lowest BCUT2D eigenvalue weighted by Crippen LogP contribution is -2.40. The minimum atomic E-state index is -5.08. The third kappa shape index (κ3) is 35.9. The Labute approximate surface area is 830 Å². The number of aromatic nitrogens is 3. The molecule has 0 unspecified atom stereocenters. The van der Waals surface area contributed by atoms with Crippen molar-refractivity contribution >= 4 is 126 Å². The molecule has 3 aromatic heterocycles. The number of rotatable bonds is 36. The number of primary amides is 3. The summed E-state index contributed by atoms with van der Waals surface area (Å²) in [7, 11) is 0. The van der Waals surface area contributed by atoms with Crippen LogP contribution in [-0.2, 0) is 78.9 Å². The van der Waals surface area contributed by atoms with Gasteiger partial charge in [0.05, 0.1) is 108 Å². The van der Waals surface area contributed by atoms with Gasteiger partial charge in [0.15, 0.2) is 34.5 Å². The summed E-state index contributed by atoms with van der Waals surface area (Å²) in [6, 6.07) is 37.9. The van der Waals surface area contributed by atoms with Crippen molar-refractivity contribution in [1.29, 1.82) is 0 Å². The van der Waals surface area contributed by atoms with E-state index in [0.29, 0.717) is 169 Å². The highest BCUT2D eigenvalue weighted by Gasteiger charge is 2.41. The third-order valence-corrected chi connectivity index (χ3v) is 21.6. The number of nitrogens with two attached hydrogens (primary N) is 4. The molecule has 12 rings (SSSR count). The standard InChI is InChI=1S/C33H39N5O4.2C29H37N5O4.4C2HF3O2/c1-4-23-22(19-37-33(40)26(34)16-15-21-11-8-7-9-12-21)13-10-14-27(23)38-31-24-17-29(41-5-2)30(42-6-3)18-28(24)36-20-25(31)32(35)39;2*1-4-20-18(16-33-29(36)19-10-8-12-31-15-19)9-7-11-23(20)34-27-21-13-25(37-5-2)26(38-6-3)14-24(21)32-17-22(27)28(30)35;4*3-2(4,5)1(6)7/h7-14,17-18,20,26H,4-6,15-16,19,34H2,1-3H3,(H2,35,39)(H,36,38)(H,37,40);2*7,9,11,13-14,17,19,31H,4-6,8,10,12,15-16H2,1-3H3,(H2,30,35)(H,32,34)(H,33,36);4*(H,6,7)/t26-;2*19-;;;;/m010..../s1. The fourth-order valence-corrected chi connectivity index (χ4v) is 14.8. The Bertz CT molecular complexity index is 5830. The van der Waals surface area contributed by atoms with Crippen LogP contribution < -0.4 is 93.9 Å². The maximum atomic E-state index is 12.8. The van der Waals surface area contributed by atoms with Gasteiger partial charge in [-0.2, -0.15) is 52.7 Å². The number of alkyl halides is 12. The summed E-state index contributed by atoms with van der Waals surface area (Å²) in [6.07, 6.45) is -8.65. The Hall–Kier alpha value is -15.3. The molecule has 5 heterocycles. The number of pyridine rings is 3. The number of benzene rings is 7. The zero-order valence-electron chi connectivity index (χ0n) is 81.1. The lowest BCUT2D eigenvalue weighted by molar-refractivity contribution is -0.193. The first kappa shape index (κ1) is 119.